The van der Waals surface area contributed by atoms with Gasteiger partial charge >= 0.3 is 0 Å². The average Bonchev–Trinajstić information content (AvgIpc) is 2.75. The van der Waals surface area contributed by atoms with Gasteiger partial charge in [-0.05, 0) is 43.0 Å². The number of carbonyl (C=O) groups is 3. The third-order valence-corrected chi connectivity index (χ3v) is 5.53. The summed E-state index contributed by atoms with van der Waals surface area (Å²) in [5.74, 6) is 0.190. The SMILES string of the molecule is CC(NC(=O)C(c1ccccc1)N1CCCCC1=O)c1ccc2c(c1)NC(=O)CO2. The van der Waals surface area contributed by atoms with E-state index in [9.17, 15) is 14.4 Å². The number of rotatable bonds is 5. The molecule has 0 radical (unpaired) electrons. The largest absolute Gasteiger partial charge is 0.482 e. The van der Waals surface area contributed by atoms with Crippen molar-refractivity contribution in [3.05, 3.63) is 59.7 Å². The van der Waals surface area contributed by atoms with E-state index in [4.69, 9.17) is 4.74 Å². The molecule has 2 aliphatic rings. The molecule has 2 heterocycles. The highest BCUT2D eigenvalue weighted by Crippen LogP contribution is 2.31. The molecule has 30 heavy (non-hydrogen) atoms. The molecular formula is C23H25N3O4. The second kappa shape index (κ2) is 8.57. The lowest BCUT2D eigenvalue weighted by Crippen LogP contribution is -2.46. The third kappa shape index (κ3) is 4.15. The van der Waals surface area contributed by atoms with Crippen molar-refractivity contribution < 1.29 is 19.1 Å². The number of fused-ring (bicyclic) bond motifs is 1. The first-order chi connectivity index (χ1) is 14.5. The Hall–Kier alpha value is -3.35. The number of piperidine rings is 1. The van der Waals surface area contributed by atoms with E-state index < -0.39 is 6.04 Å². The minimum Gasteiger partial charge on any atom is -0.482 e. The highest BCUT2D eigenvalue weighted by atomic mass is 16.5. The number of nitrogens with one attached hydrogen (secondary N) is 2. The van der Waals surface area contributed by atoms with Crippen LogP contribution in [0.2, 0.25) is 0 Å². The quantitative estimate of drug-likeness (QED) is 0.798. The summed E-state index contributed by atoms with van der Waals surface area (Å²) in [5.41, 5.74) is 2.23. The van der Waals surface area contributed by atoms with E-state index in [2.05, 4.69) is 10.6 Å². The first-order valence-electron chi connectivity index (χ1n) is 10.2. The maximum absolute atomic E-state index is 13.3. The van der Waals surface area contributed by atoms with Gasteiger partial charge in [0, 0.05) is 13.0 Å². The Balaban J connectivity index is 1.55. The standard InChI is InChI=1S/C23H25N3O4/c1-15(17-10-11-19-18(13-17)25-20(27)14-30-19)24-23(29)22(16-7-3-2-4-8-16)26-12-6-5-9-21(26)28/h2-4,7-8,10-11,13,15,22H,5-6,9,12,14H2,1H3,(H,24,29)(H,25,27). The molecule has 4 rings (SSSR count). The third-order valence-electron chi connectivity index (χ3n) is 5.53. The number of hydrogen-bond donors (Lipinski definition) is 2. The van der Waals surface area contributed by atoms with E-state index in [0.717, 1.165) is 24.0 Å². The molecular weight excluding hydrogens is 382 g/mol. The smallest absolute Gasteiger partial charge is 0.262 e. The van der Waals surface area contributed by atoms with Crippen LogP contribution in [0.1, 0.15) is 49.4 Å². The van der Waals surface area contributed by atoms with Gasteiger partial charge in [-0.25, -0.2) is 0 Å². The van der Waals surface area contributed by atoms with Crippen LogP contribution in [0.15, 0.2) is 48.5 Å². The van der Waals surface area contributed by atoms with Crippen LogP contribution in [0.5, 0.6) is 5.75 Å². The topological polar surface area (TPSA) is 87.7 Å². The Morgan fingerprint density at radius 3 is 2.67 bits per heavy atom. The second-order valence-electron chi connectivity index (χ2n) is 7.68. The number of likely N-dealkylation sites (tertiary alicyclic amines) is 1. The Morgan fingerprint density at radius 2 is 1.90 bits per heavy atom. The van der Waals surface area contributed by atoms with Crippen LogP contribution in [0, 0.1) is 0 Å². The molecule has 2 aliphatic heterocycles. The fourth-order valence-corrected chi connectivity index (χ4v) is 3.95. The second-order valence-corrected chi connectivity index (χ2v) is 7.68. The van der Waals surface area contributed by atoms with Crippen molar-refractivity contribution in [2.45, 2.75) is 38.3 Å². The molecule has 2 aromatic carbocycles. The van der Waals surface area contributed by atoms with E-state index in [1.807, 2.05) is 43.3 Å². The molecule has 7 heteroatoms. The van der Waals surface area contributed by atoms with Gasteiger partial charge in [-0.15, -0.1) is 0 Å². The van der Waals surface area contributed by atoms with Crippen LogP contribution in [0.3, 0.4) is 0 Å². The van der Waals surface area contributed by atoms with Crippen LogP contribution >= 0.6 is 0 Å². The van der Waals surface area contributed by atoms with Crippen LogP contribution in [-0.2, 0) is 14.4 Å². The van der Waals surface area contributed by atoms with Gasteiger partial charge in [-0.1, -0.05) is 36.4 Å². The minimum atomic E-state index is -0.665. The fraction of sp³-hybridized carbons (Fsp3) is 0.348. The van der Waals surface area contributed by atoms with Gasteiger partial charge in [0.1, 0.15) is 11.8 Å². The molecule has 2 aromatic rings. The lowest BCUT2D eigenvalue weighted by atomic mass is 9.99. The van der Waals surface area contributed by atoms with Crippen molar-refractivity contribution in [2.75, 3.05) is 18.5 Å². The zero-order chi connectivity index (χ0) is 21.1. The highest BCUT2D eigenvalue weighted by Gasteiger charge is 2.33. The van der Waals surface area contributed by atoms with Crippen molar-refractivity contribution in [1.29, 1.82) is 0 Å². The molecule has 1 saturated heterocycles. The molecule has 0 aliphatic carbocycles. The summed E-state index contributed by atoms with van der Waals surface area (Å²) in [6, 6.07) is 13.9. The van der Waals surface area contributed by atoms with Crippen molar-refractivity contribution in [3.8, 4) is 5.75 Å². The summed E-state index contributed by atoms with van der Waals surface area (Å²) in [4.78, 5) is 39.1. The summed E-state index contributed by atoms with van der Waals surface area (Å²) in [6.07, 6.45) is 2.22. The average molecular weight is 407 g/mol. The summed E-state index contributed by atoms with van der Waals surface area (Å²) >= 11 is 0. The Kier molecular flexibility index (Phi) is 5.70. The molecule has 0 saturated carbocycles. The number of amides is 3. The fourth-order valence-electron chi connectivity index (χ4n) is 3.95. The van der Waals surface area contributed by atoms with Crippen molar-refractivity contribution in [1.82, 2.24) is 10.2 Å². The van der Waals surface area contributed by atoms with Crippen LogP contribution in [-0.4, -0.2) is 35.8 Å². The van der Waals surface area contributed by atoms with Crippen LogP contribution in [0.4, 0.5) is 5.69 Å². The zero-order valence-corrected chi connectivity index (χ0v) is 16.9. The Morgan fingerprint density at radius 1 is 1.10 bits per heavy atom. The first kappa shape index (κ1) is 19.9. The lowest BCUT2D eigenvalue weighted by molar-refractivity contribution is -0.143. The van der Waals surface area contributed by atoms with E-state index in [1.54, 1.807) is 17.0 Å². The summed E-state index contributed by atoms with van der Waals surface area (Å²) < 4.78 is 5.40. The predicted molar refractivity (Wildman–Crippen MR) is 112 cm³/mol. The number of nitrogens with zero attached hydrogens (tertiary/aromatic N) is 1. The number of carbonyl (C=O) groups excluding carboxylic acids is 3. The molecule has 0 aromatic heterocycles. The first-order valence-corrected chi connectivity index (χ1v) is 10.2. The van der Waals surface area contributed by atoms with Crippen molar-refractivity contribution in [2.24, 2.45) is 0 Å². The van der Waals surface area contributed by atoms with Gasteiger partial charge in [-0.2, -0.15) is 0 Å². The molecule has 3 amide bonds. The number of benzene rings is 2. The Labute approximate surface area is 175 Å². The maximum atomic E-state index is 13.3. The molecule has 2 unspecified atom stereocenters. The molecule has 2 N–H and O–H groups in total. The van der Waals surface area contributed by atoms with Crippen molar-refractivity contribution in [3.63, 3.8) is 0 Å². The number of hydrogen-bond acceptors (Lipinski definition) is 4. The van der Waals surface area contributed by atoms with Gasteiger partial charge in [0.25, 0.3) is 5.91 Å². The lowest BCUT2D eigenvalue weighted by Gasteiger charge is -2.34. The molecule has 0 bridgehead atoms. The number of anilines is 1. The molecule has 7 nitrogen and oxygen atoms in total. The van der Waals surface area contributed by atoms with Gasteiger partial charge in [0.05, 0.1) is 11.7 Å². The normalized spacial score (nSPS) is 18.0. The molecule has 0 spiro atoms. The zero-order valence-electron chi connectivity index (χ0n) is 16.9. The van der Waals surface area contributed by atoms with Gasteiger partial charge < -0.3 is 20.3 Å². The van der Waals surface area contributed by atoms with E-state index >= 15 is 0 Å². The summed E-state index contributed by atoms with van der Waals surface area (Å²) in [5, 5.41) is 5.83. The van der Waals surface area contributed by atoms with Gasteiger partial charge in [0.15, 0.2) is 6.61 Å². The van der Waals surface area contributed by atoms with E-state index in [0.29, 0.717) is 24.4 Å². The molecule has 2 atom stereocenters. The predicted octanol–water partition coefficient (Wildman–Crippen LogP) is 2.95. The Bertz CT molecular complexity index is 960. The van der Waals surface area contributed by atoms with Gasteiger partial charge in [-0.3, -0.25) is 14.4 Å². The maximum Gasteiger partial charge on any atom is 0.262 e. The van der Waals surface area contributed by atoms with E-state index in [-0.39, 0.29) is 30.4 Å². The summed E-state index contributed by atoms with van der Waals surface area (Å²) in [6.45, 7) is 2.45. The van der Waals surface area contributed by atoms with E-state index in [1.165, 1.54) is 0 Å². The van der Waals surface area contributed by atoms with Crippen molar-refractivity contribution >= 4 is 23.4 Å². The van der Waals surface area contributed by atoms with Crippen LogP contribution < -0.4 is 15.4 Å². The summed E-state index contributed by atoms with van der Waals surface area (Å²) in [7, 11) is 0. The van der Waals surface area contributed by atoms with Gasteiger partial charge in [0.2, 0.25) is 11.8 Å². The minimum absolute atomic E-state index is 0.00125. The molecule has 1 fully saturated rings. The monoisotopic (exact) mass is 407 g/mol. The number of ether oxygens (including phenoxy) is 1. The van der Waals surface area contributed by atoms with Crippen LogP contribution in [0.25, 0.3) is 0 Å². The molecule has 156 valence electrons. The highest BCUT2D eigenvalue weighted by molar-refractivity contribution is 5.95.